The first kappa shape index (κ1) is 41.2. The number of rotatable bonds is 18. The summed E-state index contributed by atoms with van der Waals surface area (Å²) in [4.78, 5) is 50.4. The highest BCUT2D eigenvalue weighted by molar-refractivity contribution is 5.91. The molecule has 10 heteroatoms. The van der Waals surface area contributed by atoms with Crippen LogP contribution >= 0.6 is 0 Å². The fraction of sp³-hybridized carbons (Fsp3) is 0.213. The van der Waals surface area contributed by atoms with Crippen LogP contribution in [0.4, 0.5) is 0 Å². The maximum absolute atomic E-state index is 12.9. The summed E-state index contributed by atoms with van der Waals surface area (Å²) in [5.41, 5.74) is 3.72. The van der Waals surface area contributed by atoms with Crippen LogP contribution in [0.3, 0.4) is 0 Å². The van der Waals surface area contributed by atoms with E-state index in [1.54, 1.807) is 85.8 Å². The van der Waals surface area contributed by atoms with Crippen molar-refractivity contribution in [3.63, 3.8) is 0 Å². The standard InChI is InChI=1S/C47H43NO9/c1-3-36(46(51)56-43-26-24-41(25-27-43)55-44(49)28-13-34-9-5-4-6-10-34)31-33(2)45(50)54-30-8-7-29-53-40-20-18-39(19-21-40)47(52)57-42-22-16-38(17-23-42)37-14-11-35(32-48)12-15-37/h4-6,9-28,33,36H,3,7-8,29-31H2,1-2H3. The molecule has 0 aliphatic heterocycles. The highest BCUT2D eigenvalue weighted by Crippen LogP contribution is 2.25. The molecule has 5 aromatic rings. The smallest absolute Gasteiger partial charge is 0.343 e. The molecule has 0 bridgehead atoms. The minimum Gasteiger partial charge on any atom is -0.494 e. The van der Waals surface area contributed by atoms with E-state index in [0.717, 1.165) is 16.7 Å². The topological polar surface area (TPSA) is 138 Å². The largest absolute Gasteiger partial charge is 0.494 e. The fourth-order valence-electron chi connectivity index (χ4n) is 5.62. The lowest BCUT2D eigenvalue weighted by atomic mass is 9.94. The Bertz CT molecular complexity index is 2150. The van der Waals surface area contributed by atoms with Gasteiger partial charge in [-0.2, -0.15) is 5.26 Å². The minimum absolute atomic E-state index is 0.214. The summed E-state index contributed by atoms with van der Waals surface area (Å²) < 4.78 is 27.6. The molecule has 0 aliphatic rings. The summed E-state index contributed by atoms with van der Waals surface area (Å²) in [6, 6.07) is 38.7. The number of esters is 4. The molecule has 0 aromatic heterocycles. The van der Waals surface area contributed by atoms with Crippen LogP contribution in [-0.2, 0) is 19.1 Å². The minimum atomic E-state index is -0.533. The Morgan fingerprint density at radius 1 is 0.649 bits per heavy atom. The lowest BCUT2D eigenvalue weighted by Crippen LogP contribution is -2.26. The van der Waals surface area contributed by atoms with Gasteiger partial charge in [-0.3, -0.25) is 9.59 Å². The van der Waals surface area contributed by atoms with Crippen LogP contribution in [0, 0.1) is 23.2 Å². The number of ether oxygens (including phenoxy) is 5. The molecular formula is C47H43NO9. The number of carbonyl (C=O) groups is 4. The maximum atomic E-state index is 12.9. The molecule has 0 saturated carbocycles. The molecule has 57 heavy (non-hydrogen) atoms. The summed E-state index contributed by atoms with van der Waals surface area (Å²) in [7, 11) is 0. The van der Waals surface area contributed by atoms with Crippen molar-refractivity contribution >= 4 is 30.0 Å². The predicted molar refractivity (Wildman–Crippen MR) is 214 cm³/mol. The van der Waals surface area contributed by atoms with Crippen molar-refractivity contribution in [1.82, 2.24) is 0 Å². The van der Waals surface area contributed by atoms with Crippen LogP contribution in [0.1, 0.15) is 61.0 Å². The molecule has 2 unspecified atom stereocenters. The molecule has 5 rings (SSSR count). The molecule has 0 N–H and O–H groups in total. The van der Waals surface area contributed by atoms with Crippen molar-refractivity contribution in [3.05, 3.63) is 150 Å². The highest BCUT2D eigenvalue weighted by Gasteiger charge is 2.26. The normalized spacial score (nSPS) is 11.8. The molecule has 0 heterocycles. The first-order chi connectivity index (χ1) is 27.7. The van der Waals surface area contributed by atoms with Gasteiger partial charge in [0.05, 0.1) is 42.2 Å². The molecule has 0 saturated heterocycles. The Hall–Kier alpha value is -6.99. The average Bonchev–Trinajstić information content (AvgIpc) is 3.24. The van der Waals surface area contributed by atoms with E-state index in [0.29, 0.717) is 60.0 Å². The van der Waals surface area contributed by atoms with Gasteiger partial charge in [0, 0.05) is 6.08 Å². The second-order valence-corrected chi connectivity index (χ2v) is 13.2. The van der Waals surface area contributed by atoms with E-state index in [-0.39, 0.29) is 19.0 Å². The molecule has 290 valence electrons. The number of hydrogen-bond acceptors (Lipinski definition) is 10. The molecule has 0 fully saturated rings. The van der Waals surface area contributed by atoms with E-state index in [1.807, 2.05) is 61.5 Å². The van der Waals surface area contributed by atoms with E-state index in [9.17, 15) is 19.2 Å². The van der Waals surface area contributed by atoms with Gasteiger partial charge < -0.3 is 23.7 Å². The van der Waals surface area contributed by atoms with Crippen molar-refractivity contribution < 1.29 is 42.9 Å². The number of hydrogen-bond donors (Lipinski definition) is 0. The van der Waals surface area contributed by atoms with E-state index >= 15 is 0 Å². The summed E-state index contributed by atoms with van der Waals surface area (Å²) >= 11 is 0. The van der Waals surface area contributed by atoms with Gasteiger partial charge in [-0.1, -0.05) is 68.4 Å². The zero-order chi connectivity index (χ0) is 40.4. The predicted octanol–water partition coefficient (Wildman–Crippen LogP) is 9.42. The molecule has 0 spiro atoms. The average molecular weight is 766 g/mol. The Morgan fingerprint density at radius 2 is 1.21 bits per heavy atom. The zero-order valence-electron chi connectivity index (χ0n) is 31.8. The SMILES string of the molecule is CCC(CC(C)C(=O)OCCCCOc1ccc(C(=O)Oc2ccc(-c3ccc(C#N)cc3)cc2)cc1)C(=O)Oc1ccc(OC(=O)C=Cc2ccccc2)cc1. The van der Waals surface area contributed by atoms with Gasteiger partial charge >= 0.3 is 23.9 Å². The Morgan fingerprint density at radius 3 is 1.84 bits per heavy atom. The second-order valence-electron chi connectivity index (χ2n) is 13.2. The van der Waals surface area contributed by atoms with Crippen LogP contribution in [0.2, 0.25) is 0 Å². The zero-order valence-corrected chi connectivity index (χ0v) is 31.8. The Balaban J connectivity index is 0.953. The summed E-state index contributed by atoms with van der Waals surface area (Å²) in [6.45, 7) is 4.19. The number of carbonyl (C=O) groups excluding carboxylic acids is 4. The second kappa shape index (κ2) is 21.2. The maximum Gasteiger partial charge on any atom is 0.343 e. The third-order valence-electron chi connectivity index (χ3n) is 8.89. The van der Waals surface area contributed by atoms with Gasteiger partial charge in [0.25, 0.3) is 0 Å². The van der Waals surface area contributed by atoms with Crippen LogP contribution in [0.5, 0.6) is 23.0 Å². The summed E-state index contributed by atoms with van der Waals surface area (Å²) in [6.07, 6.45) is 4.97. The first-order valence-electron chi connectivity index (χ1n) is 18.7. The summed E-state index contributed by atoms with van der Waals surface area (Å²) in [5, 5.41) is 8.99. The van der Waals surface area contributed by atoms with E-state index in [1.165, 1.54) is 6.08 Å². The van der Waals surface area contributed by atoms with Gasteiger partial charge in [-0.05, 0) is 121 Å². The van der Waals surface area contributed by atoms with E-state index < -0.39 is 29.7 Å². The van der Waals surface area contributed by atoms with E-state index in [2.05, 4.69) is 6.07 Å². The molecule has 0 amide bonds. The van der Waals surface area contributed by atoms with Crippen molar-refractivity contribution in [2.75, 3.05) is 13.2 Å². The van der Waals surface area contributed by atoms with Gasteiger partial charge in [0.1, 0.15) is 23.0 Å². The van der Waals surface area contributed by atoms with Crippen LogP contribution in [0.15, 0.2) is 133 Å². The quantitative estimate of drug-likeness (QED) is 0.0367. The monoisotopic (exact) mass is 765 g/mol. The molecule has 5 aromatic carbocycles. The number of benzene rings is 5. The molecule has 10 nitrogen and oxygen atoms in total. The van der Waals surface area contributed by atoms with Crippen molar-refractivity contribution in [2.24, 2.45) is 11.8 Å². The van der Waals surface area contributed by atoms with Gasteiger partial charge in [-0.15, -0.1) is 0 Å². The lowest BCUT2D eigenvalue weighted by Gasteiger charge is -2.18. The fourth-order valence-corrected chi connectivity index (χ4v) is 5.62. The van der Waals surface area contributed by atoms with Gasteiger partial charge in [-0.25, -0.2) is 9.59 Å². The molecule has 0 aliphatic carbocycles. The molecular weight excluding hydrogens is 723 g/mol. The van der Waals surface area contributed by atoms with Crippen molar-refractivity contribution in [2.45, 2.75) is 39.5 Å². The first-order valence-corrected chi connectivity index (χ1v) is 18.7. The number of unbranched alkanes of at least 4 members (excludes halogenated alkanes) is 1. The number of nitriles is 1. The highest BCUT2D eigenvalue weighted by atomic mass is 16.5. The van der Waals surface area contributed by atoms with Crippen molar-refractivity contribution in [1.29, 1.82) is 5.26 Å². The molecule has 2 atom stereocenters. The van der Waals surface area contributed by atoms with E-state index in [4.69, 9.17) is 28.9 Å². The van der Waals surface area contributed by atoms with Crippen LogP contribution in [0.25, 0.3) is 17.2 Å². The Kier molecular flexibility index (Phi) is 15.3. The molecule has 0 radical (unpaired) electrons. The van der Waals surface area contributed by atoms with Crippen LogP contribution < -0.4 is 18.9 Å². The third-order valence-corrected chi connectivity index (χ3v) is 8.89. The summed E-state index contributed by atoms with van der Waals surface area (Å²) in [5.74, 6) is -1.29. The third kappa shape index (κ3) is 13.1. The lowest BCUT2D eigenvalue weighted by molar-refractivity contribution is -0.149. The van der Waals surface area contributed by atoms with Crippen LogP contribution in [-0.4, -0.2) is 37.1 Å². The van der Waals surface area contributed by atoms with Gasteiger partial charge in [0.2, 0.25) is 0 Å². The van der Waals surface area contributed by atoms with Crippen molar-refractivity contribution in [3.8, 4) is 40.2 Å². The number of nitrogens with zero attached hydrogens (tertiary/aromatic N) is 1. The van der Waals surface area contributed by atoms with Gasteiger partial charge in [0.15, 0.2) is 0 Å². The Labute approximate surface area is 332 Å².